The molecule has 6 N–H and O–H groups in total. The second-order valence-corrected chi connectivity index (χ2v) is 11.7. The Hall–Kier alpha value is -0.600. The molecule has 15 nitrogen and oxygen atoms in total. The molecule has 0 saturated carbocycles. The van der Waals surface area contributed by atoms with E-state index in [1.165, 1.54) is 0 Å². The lowest BCUT2D eigenvalue weighted by molar-refractivity contribution is 0.147. The molecule has 166 valence electrons. The van der Waals surface area contributed by atoms with Gasteiger partial charge in [0.2, 0.25) is 0 Å². The smallest absolute Gasteiger partial charge is 0.392 e. The van der Waals surface area contributed by atoms with E-state index in [0.717, 1.165) is 18.0 Å². The van der Waals surface area contributed by atoms with E-state index < -0.39 is 57.9 Å². The number of thioether (sulfide) groups is 1. The fourth-order valence-corrected chi connectivity index (χ4v) is 7.16. The molecule has 19 heteroatoms. The number of aliphatic hydroxyl groups is 1. The van der Waals surface area contributed by atoms with Gasteiger partial charge in [-0.3, -0.25) is 18.8 Å². The van der Waals surface area contributed by atoms with Crippen LogP contribution in [0.15, 0.2) is 15.8 Å². The normalized spacial score (nSPS) is 28.4. The number of hydrogen-bond donors (Lipinski definition) is 6. The molecule has 1 aromatic heterocycles. The van der Waals surface area contributed by atoms with E-state index in [4.69, 9.17) is 4.89 Å². The van der Waals surface area contributed by atoms with Crippen molar-refractivity contribution in [1.29, 1.82) is 0 Å². The molecule has 1 aliphatic heterocycles. The summed E-state index contributed by atoms with van der Waals surface area (Å²) in [6.45, 7) is -0.561. The lowest BCUT2D eigenvalue weighted by Crippen LogP contribution is -2.27. The molecule has 0 spiro atoms. The van der Waals surface area contributed by atoms with Crippen molar-refractivity contribution in [3.05, 3.63) is 32.6 Å². The average molecular weight is 498 g/mol. The van der Waals surface area contributed by atoms with Crippen molar-refractivity contribution >= 4 is 35.2 Å². The van der Waals surface area contributed by atoms with Crippen LogP contribution in [-0.4, -0.2) is 54.8 Å². The molecule has 0 radical (unpaired) electrons. The standard InChI is InChI=1S/C10H17N2O13P3S/c1-22-26(16,17)24-28(20,21)25-27(18,19)23-4-5-2-7(13)8(29-5)6-3-11-10(15)12-9(6)14/h3,5,7-8,13H,2,4H2,1H3,(H,16,17)(H,18,19)(H,20,21)(H2,11,12,14,15)/t5-,7+,8-/m0/s1. The molecule has 0 aliphatic carbocycles. The van der Waals surface area contributed by atoms with Gasteiger partial charge in [-0.15, -0.1) is 11.8 Å². The number of hydrogen-bond acceptors (Lipinski definition) is 11. The van der Waals surface area contributed by atoms with Gasteiger partial charge in [0, 0.05) is 24.1 Å². The van der Waals surface area contributed by atoms with Crippen LogP contribution in [0.1, 0.15) is 17.2 Å². The van der Waals surface area contributed by atoms with Gasteiger partial charge in [-0.1, -0.05) is 0 Å². The van der Waals surface area contributed by atoms with Crippen molar-refractivity contribution in [2.45, 2.75) is 23.0 Å². The van der Waals surface area contributed by atoms with E-state index >= 15 is 0 Å². The highest BCUT2D eigenvalue weighted by atomic mass is 32.2. The van der Waals surface area contributed by atoms with Crippen molar-refractivity contribution in [3.63, 3.8) is 0 Å². The molecule has 0 bridgehead atoms. The van der Waals surface area contributed by atoms with Gasteiger partial charge in [-0.25, -0.2) is 18.5 Å². The van der Waals surface area contributed by atoms with Crippen LogP contribution in [0.25, 0.3) is 0 Å². The highest BCUT2D eigenvalue weighted by Crippen LogP contribution is 2.67. The zero-order valence-electron chi connectivity index (χ0n) is 14.4. The quantitative estimate of drug-likeness (QED) is 0.245. The van der Waals surface area contributed by atoms with Gasteiger partial charge in [0.25, 0.3) is 5.56 Å². The minimum Gasteiger partial charge on any atom is -0.392 e. The predicted octanol–water partition coefficient (Wildman–Crippen LogP) is -0.0319. The fourth-order valence-electron chi connectivity index (χ4n) is 2.28. The van der Waals surface area contributed by atoms with E-state index in [1.54, 1.807) is 0 Å². The monoisotopic (exact) mass is 498 g/mol. The van der Waals surface area contributed by atoms with Crippen molar-refractivity contribution in [2.75, 3.05) is 13.7 Å². The topological polar surface area (TPSA) is 235 Å². The summed E-state index contributed by atoms with van der Waals surface area (Å²) in [5.74, 6) is 0. The Morgan fingerprint density at radius 2 is 1.76 bits per heavy atom. The molecule has 2 heterocycles. The van der Waals surface area contributed by atoms with Gasteiger partial charge in [0.15, 0.2) is 0 Å². The maximum atomic E-state index is 11.8. The van der Waals surface area contributed by atoms with Crippen molar-refractivity contribution in [2.24, 2.45) is 0 Å². The number of aromatic amines is 2. The van der Waals surface area contributed by atoms with Crippen molar-refractivity contribution in [1.82, 2.24) is 9.97 Å². The number of nitrogens with one attached hydrogen (secondary N) is 2. The van der Waals surface area contributed by atoms with Gasteiger partial charge in [0.1, 0.15) is 0 Å². The molecular weight excluding hydrogens is 481 g/mol. The molecule has 1 fully saturated rings. The van der Waals surface area contributed by atoms with Crippen LogP contribution in [0.3, 0.4) is 0 Å². The summed E-state index contributed by atoms with van der Waals surface area (Å²) in [5.41, 5.74) is -1.38. The number of phosphoric ester groups is 2. The van der Waals surface area contributed by atoms with Crippen molar-refractivity contribution < 1.29 is 51.2 Å². The van der Waals surface area contributed by atoms with Crippen LogP contribution >= 0.6 is 35.2 Å². The summed E-state index contributed by atoms with van der Waals surface area (Å²) in [5, 5.41) is 8.69. The Morgan fingerprint density at radius 1 is 1.14 bits per heavy atom. The summed E-state index contributed by atoms with van der Waals surface area (Å²) in [7, 11) is -15.1. The average Bonchev–Trinajstić information content (AvgIpc) is 2.92. The minimum atomic E-state index is -5.51. The second-order valence-electron chi connectivity index (χ2n) is 5.56. The third-order valence-electron chi connectivity index (χ3n) is 3.41. The Kier molecular flexibility index (Phi) is 7.88. The fraction of sp³-hybridized carbons (Fsp3) is 0.600. The van der Waals surface area contributed by atoms with Gasteiger partial charge >= 0.3 is 29.2 Å². The Labute approximate surface area is 166 Å². The predicted molar refractivity (Wildman–Crippen MR) is 97.0 cm³/mol. The molecule has 1 aliphatic rings. The van der Waals surface area contributed by atoms with Gasteiger partial charge in [0.05, 0.1) is 18.0 Å². The van der Waals surface area contributed by atoms with E-state index in [-0.39, 0.29) is 12.0 Å². The van der Waals surface area contributed by atoms with Gasteiger partial charge in [-0.05, 0) is 6.42 Å². The second kappa shape index (κ2) is 9.27. The maximum absolute atomic E-state index is 11.8. The van der Waals surface area contributed by atoms with Crippen LogP contribution in [0.2, 0.25) is 0 Å². The first kappa shape index (κ1) is 24.7. The Morgan fingerprint density at radius 3 is 2.34 bits per heavy atom. The summed E-state index contributed by atoms with van der Waals surface area (Å²) < 4.78 is 50.6. The first-order valence-corrected chi connectivity index (χ1v) is 12.9. The lowest BCUT2D eigenvalue weighted by Gasteiger charge is -2.18. The summed E-state index contributed by atoms with van der Waals surface area (Å²) >= 11 is 0.992. The number of aromatic nitrogens is 2. The largest absolute Gasteiger partial charge is 0.490 e. The Balaban J connectivity index is 1.98. The van der Waals surface area contributed by atoms with Crippen LogP contribution in [0.5, 0.6) is 0 Å². The molecule has 6 atom stereocenters. The summed E-state index contributed by atoms with van der Waals surface area (Å²) in [4.78, 5) is 54.9. The highest BCUT2D eigenvalue weighted by Gasteiger charge is 2.43. The van der Waals surface area contributed by atoms with Crippen LogP contribution in [-0.2, 0) is 31.4 Å². The van der Waals surface area contributed by atoms with E-state index in [2.05, 4.69) is 22.7 Å². The summed E-state index contributed by atoms with van der Waals surface area (Å²) in [6.07, 6.45) is 0.0820. The molecular formula is C10H17N2O13P3S. The molecule has 0 aromatic carbocycles. The first-order valence-electron chi connectivity index (χ1n) is 7.50. The van der Waals surface area contributed by atoms with E-state index in [9.17, 15) is 38.2 Å². The number of aliphatic hydroxyl groups excluding tert-OH is 1. The molecule has 3 unspecified atom stereocenters. The third kappa shape index (κ3) is 7.24. The molecule has 0 amide bonds. The molecule has 1 aromatic rings. The number of phosphoric acid groups is 3. The van der Waals surface area contributed by atoms with E-state index in [1.807, 2.05) is 4.98 Å². The number of rotatable bonds is 9. The van der Waals surface area contributed by atoms with Crippen LogP contribution in [0, 0.1) is 0 Å². The van der Waals surface area contributed by atoms with Gasteiger partial charge in [-0.2, -0.15) is 8.62 Å². The van der Waals surface area contributed by atoms with Crippen LogP contribution < -0.4 is 11.2 Å². The summed E-state index contributed by atoms with van der Waals surface area (Å²) in [6, 6.07) is 0. The minimum absolute atomic E-state index is 0.0106. The zero-order valence-corrected chi connectivity index (χ0v) is 17.9. The van der Waals surface area contributed by atoms with Crippen LogP contribution in [0.4, 0.5) is 0 Å². The maximum Gasteiger partial charge on any atom is 0.490 e. The number of H-pyrrole nitrogens is 2. The van der Waals surface area contributed by atoms with E-state index in [0.29, 0.717) is 7.11 Å². The SMILES string of the molecule is COP(=O)(O)OP(=O)(O)OP(=O)(O)OC[C@@H]1C[C@@H](O)[C@H](c2c[nH]c(=O)[nH]c2=O)S1. The molecule has 2 rings (SSSR count). The Bertz CT molecular complexity index is 994. The highest BCUT2D eigenvalue weighted by molar-refractivity contribution is 8.00. The first-order chi connectivity index (χ1) is 13.2. The zero-order chi connectivity index (χ0) is 22.0. The van der Waals surface area contributed by atoms with Gasteiger partial charge < -0.3 is 24.8 Å². The lowest BCUT2D eigenvalue weighted by atomic mass is 10.1. The molecule has 1 saturated heterocycles. The third-order valence-corrected chi connectivity index (χ3v) is 9.23. The molecule has 29 heavy (non-hydrogen) atoms. The van der Waals surface area contributed by atoms with Crippen molar-refractivity contribution in [3.8, 4) is 0 Å².